The maximum Gasteiger partial charge on any atom is 0.0207 e. The van der Waals surface area contributed by atoms with Gasteiger partial charge in [-0.2, -0.15) is 0 Å². The van der Waals surface area contributed by atoms with Crippen LogP contribution in [0.1, 0.15) is 45.1 Å². The van der Waals surface area contributed by atoms with Gasteiger partial charge in [0, 0.05) is 10.5 Å². The maximum absolute atomic E-state index is 3.72. The first-order valence-electron chi connectivity index (χ1n) is 7.71. The Bertz CT molecular complexity index is 391. The van der Waals surface area contributed by atoms with Crippen molar-refractivity contribution in [2.45, 2.75) is 52.0 Å². The Morgan fingerprint density at radius 3 is 2.68 bits per heavy atom. The monoisotopic (exact) mass is 323 g/mol. The minimum Gasteiger partial charge on any atom is -0.314 e. The molecule has 0 bridgehead atoms. The molecular weight excluding hydrogens is 298 g/mol. The van der Waals surface area contributed by atoms with E-state index in [1.807, 2.05) is 0 Å². The van der Waals surface area contributed by atoms with Crippen molar-refractivity contribution in [1.82, 2.24) is 5.32 Å². The molecule has 1 saturated carbocycles. The average Bonchev–Trinajstić information content (AvgIpc) is 2.89. The molecule has 0 heterocycles. The summed E-state index contributed by atoms with van der Waals surface area (Å²) in [4.78, 5) is 0. The zero-order valence-electron chi connectivity index (χ0n) is 12.2. The number of likely N-dealkylation sites (N-methyl/N-ethyl adjacent to an activating group) is 1. The van der Waals surface area contributed by atoms with Gasteiger partial charge in [-0.25, -0.2) is 0 Å². The van der Waals surface area contributed by atoms with Crippen LogP contribution in [0.2, 0.25) is 0 Å². The van der Waals surface area contributed by atoms with Crippen molar-refractivity contribution >= 4 is 15.9 Å². The Balaban J connectivity index is 2.02. The summed E-state index contributed by atoms with van der Waals surface area (Å²) in [6.07, 6.45) is 6.75. The molecule has 2 heteroatoms. The third-order valence-electron chi connectivity index (χ3n) is 4.59. The number of hydrogen-bond donors (Lipinski definition) is 1. The van der Waals surface area contributed by atoms with Crippen LogP contribution in [0.25, 0.3) is 0 Å². The molecule has 1 fully saturated rings. The highest BCUT2D eigenvalue weighted by atomic mass is 79.9. The van der Waals surface area contributed by atoms with Crippen LogP contribution in [0, 0.1) is 11.8 Å². The standard InChI is InChI=1S/C17H26BrN/c1-3-13-9-10-15(11-13)17(19-4-2)12-14-7-5-6-8-16(14)18/h5-8,13,15,17,19H,3-4,9-12H2,1-2H3. The van der Waals surface area contributed by atoms with Gasteiger partial charge in [-0.1, -0.05) is 60.8 Å². The van der Waals surface area contributed by atoms with E-state index in [2.05, 4.69) is 59.4 Å². The normalized spacial score (nSPS) is 24.6. The van der Waals surface area contributed by atoms with Crippen LogP contribution in [0.3, 0.4) is 0 Å². The van der Waals surface area contributed by atoms with Gasteiger partial charge in [-0.15, -0.1) is 0 Å². The molecule has 1 aromatic rings. The predicted molar refractivity (Wildman–Crippen MR) is 86.4 cm³/mol. The zero-order valence-corrected chi connectivity index (χ0v) is 13.7. The molecule has 0 spiro atoms. The van der Waals surface area contributed by atoms with E-state index >= 15 is 0 Å². The van der Waals surface area contributed by atoms with Gasteiger partial charge >= 0.3 is 0 Å². The molecule has 1 aromatic carbocycles. The quantitative estimate of drug-likeness (QED) is 0.793. The SMILES string of the molecule is CCNC(Cc1ccccc1Br)C1CCC(CC)C1. The van der Waals surface area contributed by atoms with Crippen molar-refractivity contribution in [1.29, 1.82) is 0 Å². The maximum atomic E-state index is 3.72. The van der Waals surface area contributed by atoms with E-state index in [0.717, 1.165) is 24.8 Å². The molecule has 0 saturated heterocycles. The lowest BCUT2D eigenvalue weighted by molar-refractivity contribution is 0.348. The number of halogens is 1. The van der Waals surface area contributed by atoms with Crippen molar-refractivity contribution in [3.8, 4) is 0 Å². The molecule has 3 unspecified atom stereocenters. The smallest absolute Gasteiger partial charge is 0.0207 e. The number of rotatable bonds is 6. The predicted octanol–water partition coefficient (Wildman–Crippen LogP) is 4.80. The number of nitrogens with one attached hydrogen (secondary N) is 1. The van der Waals surface area contributed by atoms with Gasteiger partial charge in [-0.3, -0.25) is 0 Å². The Kier molecular flexibility index (Phi) is 5.90. The lowest BCUT2D eigenvalue weighted by Crippen LogP contribution is -2.37. The van der Waals surface area contributed by atoms with E-state index in [4.69, 9.17) is 0 Å². The third-order valence-corrected chi connectivity index (χ3v) is 5.37. The van der Waals surface area contributed by atoms with Crippen LogP contribution in [-0.2, 0) is 6.42 Å². The Labute approximate surface area is 126 Å². The van der Waals surface area contributed by atoms with E-state index in [1.54, 1.807) is 0 Å². The van der Waals surface area contributed by atoms with E-state index in [9.17, 15) is 0 Å². The molecule has 0 radical (unpaired) electrons. The molecule has 106 valence electrons. The molecular formula is C17H26BrN. The van der Waals surface area contributed by atoms with Crippen molar-refractivity contribution in [3.05, 3.63) is 34.3 Å². The van der Waals surface area contributed by atoms with Crippen LogP contribution in [0.15, 0.2) is 28.7 Å². The van der Waals surface area contributed by atoms with Gasteiger partial charge in [-0.05, 0) is 49.3 Å². The minimum atomic E-state index is 0.639. The highest BCUT2D eigenvalue weighted by Gasteiger charge is 2.29. The lowest BCUT2D eigenvalue weighted by atomic mass is 9.91. The molecule has 2 rings (SSSR count). The Morgan fingerprint density at radius 1 is 1.26 bits per heavy atom. The molecule has 1 aliphatic rings. The zero-order chi connectivity index (χ0) is 13.7. The Hall–Kier alpha value is -0.340. The highest BCUT2D eigenvalue weighted by Crippen LogP contribution is 2.36. The number of hydrogen-bond acceptors (Lipinski definition) is 1. The van der Waals surface area contributed by atoms with Gasteiger partial charge < -0.3 is 5.32 Å². The summed E-state index contributed by atoms with van der Waals surface area (Å²) in [5, 5.41) is 3.72. The van der Waals surface area contributed by atoms with E-state index in [-0.39, 0.29) is 0 Å². The minimum absolute atomic E-state index is 0.639. The van der Waals surface area contributed by atoms with E-state index in [1.165, 1.54) is 35.7 Å². The summed E-state index contributed by atoms with van der Waals surface area (Å²) in [6.45, 7) is 5.63. The van der Waals surface area contributed by atoms with Crippen molar-refractivity contribution < 1.29 is 0 Å². The summed E-state index contributed by atoms with van der Waals surface area (Å²) in [5.41, 5.74) is 1.44. The van der Waals surface area contributed by atoms with Crippen LogP contribution >= 0.6 is 15.9 Å². The molecule has 3 atom stereocenters. The molecule has 0 aliphatic heterocycles. The molecule has 0 aromatic heterocycles. The van der Waals surface area contributed by atoms with E-state index in [0.29, 0.717) is 6.04 Å². The summed E-state index contributed by atoms with van der Waals surface area (Å²) in [7, 11) is 0. The average molecular weight is 324 g/mol. The van der Waals surface area contributed by atoms with Gasteiger partial charge in [0.15, 0.2) is 0 Å². The molecule has 1 N–H and O–H groups in total. The highest BCUT2D eigenvalue weighted by molar-refractivity contribution is 9.10. The molecule has 1 aliphatic carbocycles. The number of benzene rings is 1. The molecule has 19 heavy (non-hydrogen) atoms. The topological polar surface area (TPSA) is 12.0 Å². The van der Waals surface area contributed by atoms with Crippen molar-refractivity contribution in [2.75, 3.05) is 6.54 Å². The lowest BCUT2D eigenvalue weighted by Gasteiger charge is -2.25. The molecule has 1 nitrogen and oxygen atoms in total. The van der Waals surface area contributed by atoms with Crippen molar-refractivity contribution in [2.24, 2.45) is 11.8 Å². The fourth-order valence-corrected chi connectivity index (χ4v) is 3.87. The summed E-state index contributed by atoms with van der Waals surface area (Å²) in [5.74, 6) is 1.82. The van der Waals surface area contributed by atoms with Gasteiger partial charge in [0.1, 0.15) is 0 Å². The van der Waals surface area contributed by atoms with Crippen LogP contribution in [-0.4, -0.2) is 12.6 Å². The summed E-state index contributed by atoms with van der Waals surface area (Å²) < 4.78 is 1.25. The largest absolute Gasteiger partial charge is 0.314 e. The van der Waals surface area contributed by atoms with Crippen molar-refractivity contribution in [3.63, 3.8) is 0 Å². The Morgan fingerprint density at radius 2 is 2.05 bits per heavy atom. The molecule has 0 amide bonds. The summed E-state index contributed by atoms with van der Waals surface area (Å²) >= 11 is 3.68. The second-order valence-electron chi connectivity index (χ2n) is 5.81. The third kappa shape index (κ3) is 4.06. The van der Waals surface area contributed by atoms with Crippen LogP contribution in [0.5, 0.6) is 0 Å². The second-order valence-corrected chi connectivity index (χ2v) is 6.66. The van der Waals surface area contributed by atoms with Crippen LogP contribution in [0.4, 0.5) is 0 Å². The fraction of sp³-hybridized carbons (Fsp3) is 0.647. The van der Waals surface area contributed by atoms with Gasteiger partial charge in [0.2, 0.25) is 0 Å². The van der Waals surface area contributed by atoms with E-state index < -0.39 is 0 Å². The summed E-state index contributed by atoms with van der Waals surface area (Å²) in [6, 6.07) is 9.29. The second kappa shape index (κ2) is 7.44. The first-order chi connectivity index (χ1) is 9.24. The first-order valence-corrected chi connectivity index (χ1v) is 8.50. The van der Waals surface area contributed by atoms with Crippen LogP contribution < -0.4 is 5.32 Å². The first kappa shape index (κ1) is 15.1. The fourth-order valence-electron chi connectivity index (χ4n) is 3.42. The van der Waals surface area contributed by atoms with Gasteiger partial charge in [0.25, 0.3) is 0 Å². The van der Waals surface area contributed by atoms with Gasteiger partial charge in [0.05, 0.1) is 0 Å².